The molecule has 4 atom stereocenters. The topological polar surface area (TPSA) is 87.5 Å². The minimum Gasteiger partial charge on any atom is -0.359 e. The van der Waals surface area contributed by atoms with Crippen LogP contribution in [0.3, 0.4) is 0 Å². The summed E-state index contributed by atoms with van der Waals surface area (Å²) < 4.78 is 6.51. The minimum atomic E-state index is -1.22. The number of rotatable bonds is 1. The number of carbonyl (C=O) groups excluding carboxylic acids is 3. The molecule has 3 aliphatic heterocycles. The fourth-order valence-corrected chi connectivity index (χ4v) is 4.93. The first kappa shape index (κ1) is 15.7. The Labute approximate surface area is 151 Å². The molecule has 7 heteroatoms. The molecule has 1 aromatic carbocycles. The highest BCUT2D eigenvalue weighted by Gasteiger charge is 2.76. The third-order valence-electron chi connectivity index (χ3n) is 5.40. The van der Waals surface area contributed by atoms with Crippen LogP contribution in [0.15, 0.2) is 18.2 Å². The SMILES string of the molecule is C[C@]12O[C@@](C)(CC1=O)C1C(=O)N(c3ccc(C#N)c(I)c3)C(=O)[C@H]12. The van der Waals surface area contributed by atoms with Gasteiger partial charge in [0.1, 0.15) is 11.7 Å². The summed E-state index contributed by atoms with van der Waals surface area (Å²) in [5.41, 5.74) is -1.23. The maximum absolute atomic E-state index is 13.0. The third-order valence-corrected chi connectivity index (χ3v) is 6.29. The van der Waals surface area contributed by atoms with E-state index in [-0.39, 0.29) is 18.1 Å². The normalized spacial score (nSPS) is 37.1. The van der Waals surface area contributed by atoms with Gasteiger partial charge in [-0.3, -0.25) is 14.4 Å². The van der Waals surface area contributed by atoms with Gasteiger partial charge in [0.25, 0.3) is 0 Å². The number of hydrogen-bond acceptors (Lipinski definition) is 5. The van der Waals surface area contributed by atoms with Crippen LogP contribution in [0.5, 0.6) is 0 Å². The van der Waals surface area contributed by atoms with E-state index in [1.165, 1.54) is 0 Å². The number of imide groups is 1. The Bertz CT molecular complexity index is 876. The van der Waals surface area contributed by atoms with E-state index in [2.05, 4.69) is 6.07 Å². The van der Waals surface area contributed by atoms with Crippen molar-refractivity contribution in [2.24, 2.45) is 11.8 Å². The average Bonchev–Trinajstić information content (AvgIpc) is 3.01. The number of amides is 2. The minimum absolute atomic E-state index is 0.122. The lowest BCUT2D eigenvalue weighted by molar-refractivity contribution is -0.139. The summed E-state index contributed by atoms with van der Waals surface area (Å²) in [4.78, 5) is 39.3. The van der Waals surface area contributed by atoms with E-state index in [0.717, 1.165) is 4.90 Å². The highest BCUT2D eigenvalue weighted by atomic mass is 127. The van der Waals surface area contributed by atoms with Crippen molar-refractivity contribution in [1.29, 1.82) is 5.26 Å². The lowest BCUT2D eigenvalue weighted by atomic mass is 9.68. The van der Waals surface area contributed by atoms with Gasteiger partial charge in [-0.2, -0.15) is 5.26 Å². The average molecular weight is 436 g/mol. The molecule has 3 saturated heterocycles. The molecule has 0 aromatic heterocycles. The van der Waals surface area contributed by atoms with Gasteiger partial charge in [0.05, 0.1) is 28.7 Å². The van der Waals surface area contributed by atoms with Crippen LogP contribution in [-0.2, 0) is 19.1 Å². The van der Waals surface area contributed by atoms with E-state index in [1.807, 2.05) is 22.6 Å². The van der Waals surface area contributed by atoms with Crippen LogP contribution in [0.2, 0.25) is 0 Å². The molecular formula is C17H13IN2O4. The van der Waals surface area contributed by atoms with Crippen LogP contribution < -0.4 is 4.90 Å². The molecular weight excluding hydrogens is 423 g/mol. The number of ketones is 1. The number of hydrogen-bond donors (Lipinski definition) is 0. The second-order valence-corrected chi connectivity index (χ2v) is 8.03. The summed E-state index contributed by atoms with van der Waals surface area (Å²) in [6.45, 7) is 3.35. The van der Waals surface area contributed by atoms with Gasteiger partial charge >= 0.3 is 0 Å². The van der Waals surface area contributed by atoms with Crippen LogP contribution in [-0.4, -0.2) is 28.8 Å². The summed E-state index contributed by atoms with van der Waals surface area (Å²) in [5.74, 6) is -2.26. The highest BCUT2D eigenvalue weighted by Crippen LogP contribution is 2.59. The molecule has 1 aromatic rings. The standard InChI is InChI=1S/C17H13IN2O4/c1-16-6-11(21)17(2,24-16)13-12(16)14(22)20(15(13)23)9-4-3-8(7-19)10(18)5-9/h3-5,12-13H,6H2,1-2H3/t12?,13-,16-,17-/m0/s1. The highest BCUT2D eigenvalue weighted by molar-refractivity contribution is 14.1. The number of nitriles is 1. The molecule has 122 valence electrons. The van der Waals surface area contributed by atoms with Crippen molar-refractivity contribution in [3.8, 4) is 6.07 Å². The zero-order chi connectivity index (χ0) is 17.4. The zero-order valence-corrected chi connectivity index (χ0v) is 15.2. The Balaban J connectivity index is 1.81. The summed E-state index contributed by atoms with van der Waals surface area (Å²) in [7, 11) is 0. The second-order valence-electron chi connectivity index (χ2n) is 6.86. The molecule has 6 nitrogen and oxygen atoms in total. The number of carbonyl (C=O) groups is 3. The van der Waals surface area contributed by atoms with Gasteiger partial charge in [-0.05, 0) is 54.6 Å². The van der Waals surface area contributed by atoms with E-state index in [0.29, 0.717) is 14.8 Å². The van der Waals surface area contributed by atoms with E-state index < -0.39 is 28.9 Å². The molecule has 0 N–H and O–H groups in total. The Kier molecular flexibility index (Phi) is 3.04. The predicted octanol–water partition coefficient (Wildman–Crippen LogP) is 1.79. The number of anilines is 1. The van der Waals surface area contributed by atoms with Gasteiger partial charge in [-0.1, -0.05) is 0 Å². The fourth-order valence-electron chi connectivity index (χ4n) is 4.31. The van der Waals surface area contributed by atoms with Gasteiger partial charge in [0.15, 0.2) is 5.78 Å². The Morgan fingerprint density at radius 2 is 1.92 bits per heavy atom. The molecule has 24 heavy (non-hydrogen) atoms. The van der Waals surface area contributed by atoms with Crippen LogP contribution in [0.25, 0.3) is 0 Å². The number of ether oxygens (including phenoxy) is 1. The molecule has 1 unspecified atom stereocenters. The van der Waals surface area contributed by atoms with Gasteiger partial charge in [-0.25, -0.2) is 4.90 Å². The Morgan fingerprint density at radius 1 is 1.25 bits per heavy atom. The number of benzene rings is 1. The van der Waals surface area contributed by atoms with Crippen LogP contribution in [0, 0.1) is 26.7 Å². The predicted molar refractivity (Wildman–Crippen MR) is 90.9 cm³/mol. The number of Topliss-reactive ketones (excluding diaryl/α,β-unsaturated/α-hetero) is 1. The number of fused-ring (bicyclic) bond motifs is 5. The first-order valence-corrected chi connectivity index (χ1v) is 8.62. The maximum atomic E-state index is 13.0. The first-order chi connectivity index (χ1) is 11.2. The zero-order valence-electron chi connectivity index (χ0n) is 13.0. The summed E-state index contributed by atoms with van der Waals surface area (Å²) in [6, 6.07) is 6.88. The lowest BCUT2D eigenvalue weighted by Crippen LogP contribution is -2.46. The molecule has 0 saturated carbocycles. The van der Waals surface area contributed by atoms with Crippen LogP contribution >= 0.6 is 22.6 Å². The van der Waals surface area contributed by atoms with Crippen molar-refractivity contribution >= 4 is 45.9 Å². The molecule has 0 aliphatic carbocycles. The molecule has 3 fully saturated rings. The van der Waals surface area contributed by atoms with Crippen molar-refractivity contribution in [2.45, 2.75) is 31.5 Å². The molecule has 2 amide bonds. The number of halogens is 1. The van der Waals surface area contributed by atoms with E-state index in [4.69, 9.17) is 10.00 Å². The van der Waals surface area contributed by atoms with Crippen molar-refractivity contribution < 1.29 is 19.1 Å². The second kappa shape index (κ2) is 4.64. The maximum Gasteiger partial charge on any atom is 0.241 e. The molecule has 4 rings (SSSR count). The van der Waals surface area contributed by atoms with E-state index in [9.17, 15) is 14.4 Å². The van der Waals surface area contributed by atoms with Crippen molar-refractivity contribution in [3.63, 3.8) is 0 Å². The van der Waals surface area contributed by atoms with Crippen LogP contribution in [0.1, 0.15) is 25.8 Å². The van der Waals surface area contributed by atoms with Crippen molar-refractivity contribution in [3.05, 3.63) is 27.3 Å². The smallest absolute Gasteiger partial charge is 0.241 e. The Hall–Kier alpha value is -1.79. The molecule has 2 bridgehead atoms. The van der Waals surface area contributed by atoms with Crippen molar-refractivity contribution in [2.75, 3.05) is 4.90 Å². The monoisotopic (exact) mass is 436 g/mol. The number of nitrogens with zero attached hydrogens (tertiary/aromatic N) is 2. The van der Waals surface area contributed by atoms with E-state index >= 15 is 0 Å². The molecule has 3 aliphatic rings. The van der Waals surface area contributed by atoms with Gasteiger partial charge in [0.2, 0.25) is 11.8 Å². The van der Waals surface area contributed by atoms with Crippen molar-refractivity contribution in [1.82, 2.24) is 0 Å². The third kappa shape index (κ3) is 1.70. The Morgan fingerprint density at radius 3 is 2.54 bits per heavy atom. The molecule has 3 heterocycles. The molecule has 0 spiro atoms. The molecule has 0 radical (unpaired) electrons. The fraction of sp³-hybridized carbons (Fsp3) is 0.412. The summed E-state index contributed by atoms with van der Waals surface area (Å²) >= 11 is 2.00. The van der Waals surface area contributed by atoms with Gasteiger partial charge in [-0.15, -0.1) is 0 Å². The largest absolute Gasteiger partial charge is 0.359 e. The quantitative estimate of drug-likeness (QED) is 0.495. The van der Waals surface area contributed by atoms with Crippen LogP contribution in [0.4, 0.5) is 5.69 Å². The first-order valence-electron chi connectivity index (χ1n) is 7.54. The van der Waals surface area contributed by atoms with E-state index in [1.54, 1.807) is 32.0 Å². The summed E-state index contributed by atoms with van der Waals surface area (Å²) in [5, 5.41) is 9.03. The van der Waals surface area contributed by atoms with Gasteiger partial charge in [0, 0.05) is 9.99 Å². The van der Waals surface area contributed by atoms with Gasteiger partial charge < -0.3 is 4.74 Å². The lowest BCUT2D eigenvalue weighted by Gasteiger charge is -2.26. The summed E-state index contributed by atoms with van der Waals surface area (Å²) in [6.07, 6.45) is 0.155.